The molecule has 4 nitrogen and oxygen atoms in total. The molecule has 0 aliphatic carbocycles. The predicted octanol–water partition coefficient (Wildman–Crippen LogP) is 2.43. The number of rotatable bonds is 7. The first-order valence-electron chi connectivity index (χ1n) is 7.08. The summed E-state index contributed by atoms with van der Waals surface area (Å²) >= 11 is 0. The van der Waals surface area contributed by atoms with Gasteiger partial charge in [-0.2, -0.15) is 0 Å². The molecule has 0 spiro atoms. The van der Waals surface area contributed by atoms with Gasteiger partial charge in [-0.1, -0.05) is 19.9 Å². The smallest absolute Gasteiger partial charge is 0.178 e. The van der Waals surface area contributed by atoms with E-state index in [2.05, 4.69) is 5.32 Å². The van der Waals surface area contributed by atoms with Gasteiger partial charge in [0.25, 0.3) is 0 Å². The number of hydrogen-bond donors (Lipinski definition) is 2. The molecule has 1 unspecified atom stereocenters. The molecule has 1 rings (SSSR count). The van der Waals surface area contributed by atoms with Crippen LogP contribution >= 0.6 is 0 Å². The van der Waals surface area contributed by atoms with Crippen molar-refractivity contribution in [3.05, 3.63) is 29.6 Å². The first kappa shape index (κ1) is 18.1. The van der Waals surface area contributed by atoms with Gasteiger partial charge < -0.3 is 10.4 Å². The van der Waals surface area contributed by atoms with Crippen molar-refractivity contribution in [3.8, 4) is 0 Å². The van der Waals surface area contributed by atoms with Gasteiger partial charge in [0.15, 0.2) is 9.84 Å². The van der Waals surface area contributed by atoms with Crippen molar-refractivity contribution in [2.45, 2.75) is 50.2 Å². The van der Waals surface area contributed by atoms with Gasteiger partial charge in [-0.25, -0.2) is 12.8 Å². The zero-order valence-electron chi connectivity index (χ0n) is 13.0. The van der Waals surface area contributed by atoms with Crippen molar-refractivity contribution in [3.63, 3.8) is 0 Å². The van der Waals surface area contributed by atoms with E-state index >= 15 is 0 Å². The van der Waals surface area contributed by atoms with Crippen molar-refractivity contribution in [1.82, 2.24) is 5.32 Å². The minimum Gasteiger partial charge on any atom is -0.389 e. The summed E-state index contributed by atoms with van der Waals surface area (Å²) in [6.45, 7) is 6.07. The fourth-order valence-corrected chi connectivity index (χ4v) is 2.78. The molecule has 0 fully saturated rings. The molecule has 0 aromatic heterocycles. The van der Waals surface area contributed by atoms with Crippen LogP contribution in [0.3, 0.4) is 0 Å². The van der Waals surface area contributed by atoms with Crippen LogP contribution in [0.5, 0.6) is 0 Å². The van der Waals surface area contributed by atoms with Crippen LogP contribution in [-0.2, 0) is 9.84 Å². The van der Waals surface area contributed by atoms with Gasteiger partial charge in [-0.3, -0.25) is 0 Å². The molecule has 0 saturated carbocycles. The average Bonchev–Trinajstić information content (AvgIpc) is 2.42. The Morgan fingerprint density at radius 1 is 1.33 bits per heavy atom. The second-order valence-electron chi connectivity index (χ2n) is 5.50. The molecular weight excluding hydrogens is 293 g/mol. The Bertz CT molecular complexity index is 583. The van der Waals surface area contributed by atoms with Crippen molar-refractivity contribution >= 4 is 9.84 Å². The fraction of sp³-hybridized carbons (Fsp3) is 0.600. The Kier molecular flexibility index (Phi) is 5.90. The second kappa shape index (κ2) is 6.85. The summed E-state index contributed by atoms with van der Waals surface area (Å²) in [4.78, 5) is -0.294. The van der Waals surface area contributed by atoms with Gasteiger partial charge in [-0.05, 0) is 37.5 Å². The van der Waals surface area contributed by atoms with Gasteiger partial charge in [0, 0.05) is 18.8 Å². The molecule has 2 N–H and O–H groups in total. The molecule has 1 aromatic carbocycles. The molecule has 0 saturated heterocycles. The maximum Gasteiger partial charge on any atom is 0.178 e. The van der Waals surface area contributed by atoms with Crippen molar-refractivity contribution in [2.75, 3.05) is 12.8 Å². The van der Waals surface area contributed by atoms with E-state index in [9.17, 15) is 17.9 Å². The summed E-state index contributed by atoms with van der Waals surface area (Å²) in [5.74, 6) is -0.745. The molecule has 6 heteroatoms. The highest BCUT2D eigenvalue weighted by Crippen LogP contribution is 2.21. The van der Waals surface area contributed by atoms with Crippen LogP contribution in [0.4, 0.5) is 4.39 Å². The zero-order valence-corrected chi connectivity index (χ0v) is 13.8. The Hall–Kier alpha value is -0.980. The molecule has 0 bridgehead atoms. The van der Waals surface area contributed by atoms with Crippen molar-refractivity contribution < 1.29 is 17.9 Å². The van der Waals surface area contributed by atoms with Crippen molar-refractivity contribution in [1.29, 1.82) is 0 Å². The number of nitrogens with one attached hydrogen (secondary N) is 1. The lowest BCUT2D eigenvalue weighted by molar-refractivity contribution is 0.0303. The molecule has 0 radical (unpaired) electrons. The summed E-state index contributed by atoms with van der Waals surface area (Å²) in [5, 5.41) is 13.4. The minimum absolute atomic E-state index is 0.183. The SMILES string of the molecule is CCC(O)(CC)CNC(C)c1ccc(S(C)(=O)=O)c(F)c1. The zero-order chi connectivity index (χ0) is 16.3. The normalized spacial score (nSPS) is 14.2. The van der Waals surface area contributed by atoms with Crippen LogP contribution < -0.4 is 5.32 Å². The van der Waals surface area contributed by atoms with Crippen molar-refractivity contribution in [2.24, 2.45) is 0 Å². The highest BCUT2D eigenvalue weighted by atomic mass is 32.2. The van der Waals surface area contributed by atoms with E-state index in [0.717, 1.165) is 6.26 Å². The Morgan fingerprint density at radius 3 is 2.33 bits per heavy atom. The molecule has 0 aliphatic heterocycles. The van der Waals surface area contributed by atoms with Gasteiger partial charge in [0.05, 0.1) is 5.60 Å². The lowest BCUT2D eigenvalue weighted by Gasteiger charge is -2.27. The van der Waals surface area contributed by atoms with E-state index in [0.29, 0.717) is 24.9 Å². The first-order chi connectivity index (χ1) is 9.63. The Morgan fingerprint density at radius 2 is 1.90 bits per heavy atom. The maximum absolute atomic E-state index is 13.9. The molecule has 0 heterocycles. The Labute approximate surface area is 126 Å². The minimum atomic E-state index is -3.55. The van der Waals surface area contributed by atoms with Gasteiger partial charge in [-0.15, -0.1) is 0 Å². The fourth-order valence-electron chi connectivity index (χ4n) is 2.05. The third-order valence-electron chi connectivity index (χ3n) is 3.91. The highest BCUT2D eigenvalue weighted by Gasteiger charge is 2.23. The van der Waals surface area contributed by atoms with E-state index in [4.69, 9.17) is 0 Å². The number of aliphatic hydroxyl groups is 1. The summed E-state index contributed by atoms with van der Waals surface area (Å²) in [6.07, 6.45) is 2.24. The second-order valence-corrected chi connectivity index (χ2v) is 7.48. The largest absolute Gasteiger partial charge is 0.389 e. The van der Waals surface area contributed by atoms with E-state index in [1.807, 2.05) is 20.8 Å². The molecule has 1 atom stereocenters. The number of benzene rings is 1. The van der Waals surface area contributed by atoms with E-state index in [1.165, 1.54) is 12.1 Å². The number of sulfone groups is 1. The van der Waals surface area contributed by atoms with Crippen LogP contribution in [0.1, 0.15) is 45.2 Å². The van der Waals surface area contributed by atoms with E-state index < -0.39 is 21.3 Å². The number of halogens is 1. The lowest BCUT2D eigenvalue weighted by atomic mass is 9.96. The first-order valence-corrected chi connectivity index (χ1v) is 8.97. The summed E-state index contributed by atoms with van der Waals surface area (Å²) in [6, 6.07) is 3.92. The number of hydrogen-bond acceptors (Lipinski definition) is 4. The monoisotopic (exact) mass is 317 g/mol. The Balaban J connectivity index is 2.85. The van der Waals surface area contributed by atoms with Crippen LogP contribution in [0.15, 0.2) is 23.1 Å². The van der Waals surface area contributed by atoms with Crippen LogP contribution in [0.25, 0.3) is 0 Å². The topological polar surface area (TPSA) is 66.4 Å². The third-order valence-corrected chi connectivity index (χ3v) is 5.04. The molecule has 0 amide bonds. The van der Waals surface area contributed by atoms with Gasteiger partial charge in [0.1, 0.15) is 10.7 Å². The molecule has 21 heavy (non-hydrogen) atoms. The summed E-state index contributed by atoms with van der Waals surface area (Å²) in [7, 11) is -3.55. The van der Waals surface area contributed by atoms with E-state index in [1.54, 1.807) is 6.07 Å². The van der Waals surface area contributed by atoms with Crippen LogP contribution in [0.2, 0.25) is 0 Å². The molecule has 1 aromatic rings. The van der Waals surface area contributed by atoms with Gasteiger partial charge >= 0.3 is 0 Å². The predicted molar refractivity (Wildman–Crippen MR) is 81.5 cm³/mol. The lowest BCUT2D eigenvalue weighted by Crippen LogP contribution is -2.40. The van der Waals surface area contributed by atoms with Crippen LogP contribution in [-0.4, -0.2) is 31.9 Å². The maximum atomic E-state index is 13.9. The van der Waals surface area contributed by atoms with Gasteiger partial charge in [0.2, 0.25) is 0 Å². The molecule has 0 aliphatic rings. The standard InChI is InChI=1S/C15H24FNO3S/c1-5-15(18,6-2)10-17-11(3)12-7-8-14(13(16)9-12)21(4,19)20/h7-9,11,17-18H,5-6,10H2,1-4H3. The molecule has 120 valence electrons. The molecular formula is C15H24FNO3S. The summed E-state index contributed by atoms with van der Waals surface area (Å²) in [5.41, 5.74) is -0.131. The van der Waals surface area contributed by atoms with Crippen LogP contribution in [0, 0.1) is 5.82 Å². The van der Waals surface area contributed by atoms with E-state index in [-0.39, 0.29) is 10.9 Å². The third kappa shape index (κ3) is 4.76. The summed E-state index contributed by atoms with van der Waals surface area (Å²) < 4.78 is 36.6. The quantitative estimate of drug-likeness (QED) is 0.810. The average molecular weight is 317 g/mol. The highest BCUT2D eigenvalue weighted by molar-refractivity contribution is 7.90.